The van der Waals surface area contributed by atoms with Crippen LogP contribution in [0.5, 0.6) is 0 Å². The van der Waals surface area contributed by atoms with Crippen molar-refractivity contribution < 1.29 is 14.3 Å². The van der Waals surface area contributed by atoms with Gasteiger partial charge in [-0.2, -0.15) is 0 Å². The van der Waals surface area contributed by atoms with Crippen LogP contribution >= 0.6 is 11.3 Å². The molecular weight excluding hydrogens is 384 g/mol. The fourth-order valence-corrected chi connectivity index (χ4v) is 4.09. The lowest BCUT2D eigenvalue weighted by molar-refractivity contribution is -0.128. The van der Waals surface area contributed by atoms with Crippen molar-refractivity contribution in [3.8, 4) is 0 Å². The number of ether oxygens (including phenoxy) is 1. The molecule has 2 aliphatic rings. The molecule has 29 heavy (non-hydrogen) atoms. The SMILES string of the molecule is O=C(NC1CC1)c1ccc(/C=C/C(=O)N(Cc2cccs2)CC2CCCO2)cc1. The Morgan fingerprint density at radius 2 is 2.00 bits per heavy atom. The Hall–Kier alpha value is -2.44. The summed E-state index contributed by atoms with van der Waals surface area (Å²) in [7, 11) is 0. The summed E-state index contributed by atoms with van der Waals surface area (Å²) in [5, 5.41) is 5.01. The molecule has 2 aromatic rings. The molecule has 152 valence electrons. The van der Waals surface area contributed by atoms with E-state index in [1.54, 1.807) is 29.5 Å². The smallest absolute Gasteiger partial charge is 0.251 e. The Morgan fingerprint density at radius 1 is 1.17 bits per heavy atom. The summed E-state index contributed by atoms with van der Waals surface area (Å²) in [6.07, 6.45) is 7.75. The maximum atomic E-state index is 12.9. The zero-order valence-corrected chi connectivity index (χ0v) is 17.2. The molecule has 2 fully saturated rings. The highest BCUT2D eigenvalue weighted by Gasteiger charge is 2.24. The molecule has 1 aromatic carbocycles. The zero-order valence-electron chi connectivity index (χ0n) is 16.4. The number of amides is 2. The third-order valence-corrected chi connectivity index (χ3v) is 6.05. The molecule has 5 nitrogen and oxygen atoms in total. The number of carbonyl (C=O) groups excluding carboxylic acids is 2. The van der Waals surface area contributed by atoms with E-state index in [0.29, 0.717) is 24.7 Å². The molecule has 0 spiro atoms. The first-order valence-corrected chi connectivity index (χ1v) is 11.1. The third kappa shape index (κ3) is 5.78. The lowest BCUT2D eigenvalue weighted by Gasteiger charge is -2.23. The van der Waals surface area contributed by atoms with Crippen molar-refractivity contribution >= 4 is 29.2 Å². The topological polar surface area (TPSA) is 58.6 Å². The van der Waals surface area contributed by atoms with Gasteiger partial charge in [0.1, 0.15) is 0 Å². The molecule has 1 aliphatic heterocycles. The number of benzene rings is 1. The number of nitrogens with one attached hydrogen (secondary N) is 1. The highest BCUT2D eigenvalue weighted by atomic mass is 32.1. The second-order valence-electron chi connectivity index (χ2n) is 7.64. The molecule has 1 atom stereocenters. The second kappa shape index (κ2) is 9.37. The predicted octanol–water partition coefficient (Wildman–Crippen LogP) is 3.86. The van der Waals surface area contributed by atoms with E-state index in [-0.39, 0.29) is 17.9 Å². The van der Waals surface area contributed by atoms with Gasteiger partial charge in [-0.15, -0.1) is 11.3 Å². The number of hydrogen-bond donors (Lipinski definition) is 1. The van der Waals surface area contributed by atoms with Crippen LogP contribution in [0.4, 0.5) is 0 Å². The molecule has 2 amide bonds. The first-order valence-electron chi connectivity index (χ1n) is 10.2. The van der Waals surface area contributed by atoms with Crippen molar-refractivity contribution in [1.82, 2.24) is 10.2 Å². The average Bonchev–Trinajstić information content (AvgIpc) is 3.18. The van der Waals surface area contributed by atoms with Gasteiger partial charge in [-0.3, -0.25) is 9.59 Å². The number of nitrogens with zero attached hydrogens (tertiary/aromatic N) is 1. The quantitative estimate of drug-likeness (QED) is 0.673. The average molecular weight is 411 g/mol. The highest BCUT2D eigenvalue weighted by Crippen LogP contribution is 2.20. The van der Waals surface area contributed by atoms with Crippen LogP contribution in [0, 0.1) is 0 Å². The first-order chi connectivity index (χ1) is 14.2. The molecule has 6 heteroatoms. The van der Waals surface area contributed by atoms with E-state index in [0.717, 1.165) is 42.7 Å². The van der Waals surface area contributed by atoms with E-state index >= 15 is 0 Å². The van der Waals surface area contributed by atoms with Gasteiger partial charge in [-0.25, -0.2) is 0 Å². The molecule has 1 aromatic heterocycles. The van der Waals surface area contributed by atoms with Crippen LogP contribution in [0.2, 0.25) is 0 Å². The maximum Gasteiger partial charge on any atom is 0.251 e. The van der Waals surface area contributed by atoms with E-state index in [1.807, 2.05) is 34.6 Å². The van der Waals surface area contributed by atoms with Crippen LogP contribution in [0.3, 0.4) is 0 Å². The molecule has 1 aliphatic carbocycles. The fourth-order valence-electron chi connectivity index (χ4n) is 3.37. The van der Waals surface area contributed by atoms with Crippen LogP contribution in [0.25, 0.3) is 6.08 Å². The van der Waals surface area contributed by atoms with Crippen molar-refractivity contribution in [3.63, 3.8) is 0 Å². The lowest BCUT2D eigenvalue weighted by Crippen LogP contribution is -2.35. The van der Waals surface area contributed by atoms with Gasteiger partial charge in [-0.05, 0) is 60.9 Å². The Morgan fingerprint density at radius 3 is 2.66 bits per heavy atom. The summed E-state index contributed by atoms with van der Waals surface area (Å²) in [5.41, 5.74) is 1.55. The number of carbonyl (C=O) groups is 2. The van der Waals surface area contributed by atoms with Crippen LogP contribution in [-0.4, -0.2) is 42.0 Å². The van der Waals surface area contributed by atoms with Gasteiger partial charge in [0.2, 0.25) is 5.91 Å². The summed E-state index contributed by atoms with van der Waals surface area (Å²) in [6, 6.07) is 11.7. The Labute approximate surface area is 175 Å². The molecule has 4 rings (SSSR count). The van der Waals surface area contributed by atoms with Gasteiger partial charge < -0.3 is 15.0 Å². The molecule has 1 N–H and O–H groups in total. The number of thiophene rings is 1. The van der Waals surface area contributed by atoms with E-state index < -0.39 is 0 Å². The Kier molecular flexibility index (Phi) is 6.42. The van der Waals surface area contributed by atoms with Gasteiger partial charge in [0.25, 0.3) is 5.91 Å². The van der Waals surface area contributed by atoms with Gasteiger partial charge in [0, 0.05) is 35.7 Å². The van der Waals surface area contributed by atoms with Crippen molar-refractivity contribution in [3.05, 3.63) is 63.9 Å². The summed E-state index contributed by atoms with van der Waals surface area (Å²) in [4.78, 5) is 28.0. The molecule has 1 unspecified atom stereocenters. The largest absolute Gasteiger partial charge is 0.376 e. The van der Waals surface area contributed by atoms with Crippen molar-refractivity contribution in [2.75, 3.05) is 13.2 Å². The standard InChI is InChI=1S/C23H26N2O3S/c26-22(25(15-20-3-1-13-28-20)16-21-4-2-14-29-21)12-7-17-5-8-18(9-6-17)23(27)24-19-10-11-19/h2,4-9,12,14,19-20H,1,3,10-11,13,15-16H2,(H,24,27)/b12-7+. The van der Waals surface area contributed by atoms with Crippen molar-refractivity contribution in [2.24, 2.45) is 0 Å². The van der Waals surface area contributed by atoms with Crippen LogP contribution in [0.1, 0.15) is 46.5 Å². The van der Waals surface area contributed by atoms with Crippen LogP contribution < -0.4 is 5.32 Å². The highest BCUT2D eigenvalue weighted by molar-refractivity contribution is 7.09. The fraction of sp³-hybridized carbons (Fsp3) is 0.391. The van der Waals surface area contributed by atoms with Crippen molar-refractivity contribution in [2.45, 2.75) is 44.4 Å². The van der Waals surface area contributed by atoms with E-state index in [1.165, 1.54) is 0 Å². The third-order valence-electron chi connectivity index (χ3n) is 5.19. The predicted molar refractivity (Wildman–Crippen MR) is 115 cm³/mol. The van der Waals surface area contributed by atoms with Crippen molar-refractivity contribution in [1.29, 1.82) is 0 Å². The second-order valence-corrected chi connectivity index (χ2v) is 8.67. The summed E-state index contributed by atoms with van der Waals surface area (Å²) < 4.78 is 5.73. The Bertz CT molecular complexity index is 851. The lowest BCUT2D eigenvalue weighted by atomic mass is 10.1. The van der Waals surface area contributed by atoms with Gasteiger partial charge in [0.15, 0.2) is 0 Å². The summed E-state index contributed by atoms with van der Waals surface area (Å²) >= 11 is 1.66. The molecular formula is C23H26N2O3S. The maximum absolute atomic E-state index is 12.9. The van der Waals surface area contributed by atoms with Crippen LogP contribution in [0.15, 0.2) is 47.9 Å². The minimum Gasteiger partial charge on any atom is -0.376 e. The molecule has 1 saturated heterocycles. The molecule has 0 bridgehead atoms. The van der Waals surface area contributed by atoms with Gasteiger partial charge in [-0.1, -0.05) is 18.2 Å². The normalized spacial score (nSPS) is 18.8. The molecule has 0 radical (unpaired) electrons. The number of hydrogen-bond acceptors (Lipinski definition) is 4. The van der Waals surface area contributed by atoms with Gasteiger partial charge >= 0.3 is 0 Å². The minimum absolute atomic E-state index is 0.0237. The minimum atomic E-state index is -0.0298. The molecule has 2 heterocycles. The zero-order chi connectivity index (χ0) is 20.1. The number of rotatable bonds is 8. The first kappa shape index (κ1) is 19.9. The van der Waals surface area contributed by atoms with E-state index in [9.17, 15) is 9.59 Å². The van der Waals surface area contributed by atoms with Gasteiger partial charge in [0.05, 0.1) is 12.6 Å². The monoisotopic (exact) mass is 410 g/mol. The Balaban J connectivity index is 1.38. The van der Waals surface area contributed by atoms with E-state index in [4.69, 9.17) is 4.74 Å². The van der Waals surface area contributed by atoms with E-state index in [2.05, 4.69) is 11.4 Å². The van der Waals surface area contributed by atoms with Crippen LogP contribution in [-0.2, 0) is 16.1 Å². The summed E-state index contributed by atoms with van der Waals surface area (Å²) in [5.74, 6) is -0.0535. The summed E-state index contributed by atoms with van der Waals surface area (Å²) in [6.45, 7) is 1.99. The molecule has 1 saturated carbocycles.